The summed E-state index contributed by atoms with van der Waals surface area (Å²) in [5.41, 5.74) is 3.44. The fraction of sp³-hybridized carbons (Fsp3) is 0.300. The number of fused-ring (bicyclic) bond motifs is 1. The molecule has 27 heavy (non-hydrogen) atoms. The molecule has 7 nitrogen and oxygen atoms in total. The predicted molar refractivity (Wildman–Crippen MR) is 107 cm³/mol. The van der Waals surface area contributed by atoms with Gasteiger partial charge in [0.1, 0.15) is 12.1 Å². The van der Waals surface area contributed by atoms with Gasteiger partial charge < -0.3 is 10.2 Å². The second kappa shape index (κ2) is 7.99. The quantitative estimate of drug-likeness (QED) is 0.726. The molecule has 0 saturated heterocycles. The van der Waals surface area contributed by atoms with Crippen LogP contribution >= 0.6 is 0 Å². The van der Waals surface area contributed by atoms with Gasteiger partial charge in [-0.3, -0.25) is 14.2 Å². The highest BCUT2D eigenvalue weighted by Crippen LogP contribution is 2.22. The summed E-state index contributed by atoms with van der Waals surface area (Å²) in [6.07, 6.45) is 2.79. The van der Waals surface area contributed by atoms with Crippen molar-refractivity contribution in [2.24, 2.45) is 0 Å². The molecule has 1 aromatic carbocycles. The van der Waals surface area contributed by atoms with E-state index in [1.165, 1.54) is 10.8 Å². The van der Waals surface area contributed by atoms with Crippen LogP contribution in [-0.4, -0.2) is 33.5 Å². The van der Waals surface area contributed by atoms with Gasteiger partial charge in [0.15, 0.2) is 5.65 Å². The molecule has 0 atom stereocenters. The van der Waals surface area contributed by atoms with Crippen molar-refractivity contribution in [2.75, 3.05) is 23.3 Å². The summed E-state index contributed by atoms with van der Waals surface area (Å²) in [6, 6.07) is 9.44. The van der Waals surface area contributed by atoms with E-state index < -0.39 is 0 Å². The molecule has 0 bridgehead atoms. The Hall–Kier alpha value is -3.22. The zero-order chi connectivity index (χ0) is 19.4. The topological polar surface area (TPSA) is 80.1 Å². The van der Waals surface area contributed by atoms with Crippen LogP contribution in [0.2, 0.25) is 0 Å². The summed E-state index contributed by atoms with van der Waals surface area (Å²) in [5, 5.41) is 2.89. The van der Waals surface area contributed by atoms with E-state index in [2.05, 4.69) is 40.1 Å². The van der Waals surface area contributed by atoms with E-state index >= 15 is 0 Å². The van der Waals surface area contributed by atoms with Crippen molar-refractivity contribution in [3.05, 3.63) is 58.6 Å². The maximum absolute atomic E-state index is 12.5. The third-order valence-electron chi connectivity index (χ3n) is 4.52. The third-order valence-corrected chi connectivity index (χ3v) is 4.52. The van der Waals surface area contributed by atoms with Crippen LogP contribution in [0.3, 0.4) is 0 Å². The summed E-state index contributed by atoms with van der Waals surface area (Å²) in [5.74, 6) is -0.283. The standard InChI is InChI=1S/C20H23N5O2/c1-4-24(5-2)15-8-9-16(14(3)11-15)23-18(26)13-25-19(27)12-22-17-7-6-10-21-20(17)25/h6-12H,4-5,13H2,1-3H3,(H,23,26). The first-order valence-electron chi connectivity index (χ1n) is 8.99. The molecule has 2 aromatic heterocycles. The van der Waals surface area contributed by atoms with Crippen molar-refractivity contribution in [2.45, 2.75) is 27.3 Å². The number of nitrogens with one attached hydrogen (secondary N) is 1. The first kappa shape index (κ1) is 18.6. The average Bonchev–Trinajstić information content (AvgIpc) is 2.67. The van der Waals surface area contributed by atoms with E-state index in [4.69, 9.17) is 0 Å². The van der Waals surface area contributed by atoms with Crippen molar-refractivity contribution < 1.29 is 4.79 Å². The van der Waals surface area contributed by atoms with Crippen molar-refractivity contribution in [1.82, 2.24) is 14.5 Å². The van der Waals surface area contributed by atoms with Crippen molar-refractivity contribution in [3.63, 3.8) is 0 Å². The number of carbonyl (C=O) groups excluding carboxylic acids is 1. The molecule has 0 aliphatic carbocycles. The van der Waals surface area contributed by atoms with E-state index in [1.54, 1.807) is 18.3 Å². The normalized spacial score (nSPS) is 10.8. The fourth-order valence-electron chi connectivity index (χ4n) is 3.06. The number of aryl methyl sites for hydroxylation is 1. The Morgan fingerprint density at radius 2 is 1.96 bits per heavy atom. The van der Waals surface area contributed by atoms with Crippen LogP contribution in [-0.2, 0) is 11.3 Å². The molecular formula is C20H23N5O2. The summed E-state index contributed by atoms with van der Waals surface area (Å²) < 4.78 is 1.33. The molecule has 0 saturated carbocycles. The number of anilines is 2. The van der Waals surface area contributed by atoms with Crippen LogP contribution in [0, 0.1) is 6.92 Å². The number of rotatable bonds is 6. The smallest absolute Gasteiger partial charge is 0.271 e. The molecule has 0 radical (unpaired) electrons. The first-order chi connectivity index (χ1) is 13.0. The molecule has 0 unspecified atom stereocenters. The minimum Gasteiger partial charge on any atom is -0.372 e. The molecule has 140 valence electrons. The van der Waals surface area contributed by atoms with Crippen LogP contribution in [0.5, 0.6) is 0 Å². The molecule has 0 fully saturated rings. The Morgan fingerprint density at radius 1 is 1.19 bits per heavy atom. The molecule has 0 aliphatic rings. The maximum Gasteiger partial charge on any atom is 0.271 e. The minimum absolute atomic E-state index is 0.119. The monoisotopic (exact) mass is 365 g/mol. The fourth-order valence-corrected chi connectivity index (χ4v) is 3.06. The van der Waals surface area contributed by atoms with Crippen LogP contribution in [0.25, 0.3) is 11.2 Å². The van der Waals surface area contributed by atoms with E-state index in [9.17, 15) is 9.59 Å². The van der Waals surface area contributed by atoms with Crippen LogP contribution in [0.1, 0.15) is 19.4 Å². The van der Waals surface area contributed by atoms with Crippen LogP contribution in [0.4, 0.5) is 11.4 Å². The zero-order valence-corrected chi connectivity index (χ0v) is 15.8. The molecule has 0 spiro atoms. The Labute approximate surface area is 157 Å². The number of benzene rings is 1. The number of aromatic nitrogens is 3. The van der Waals surface area contributed by atoms with Gasteiger partial charge in [0.05, 0.1) is 6.20 Å². The Kier molecular flexibility index (Phi) is 5.49. The summed E-state index contributed by atoms with van der Waals surface area (Å²) in [6.45, 7) is 7.91. The number of amides is 1. The van der Waals surface area contributed by atoms with Gasteiger partial charge in [-0.2, -0.15) is 0 Å². The predicted octanol–water partition coefficient (Wildman–Crippen LogP) is 2.58. The third kappa shape index (κ3) is 3.97. The van der Waals surface area contributed by atoms with Gasteiger partial charge in [0, 0.05) is 30.7 Å². The van der Waals surface area contributed by atoms with Crippen molar-refractivity contribution >= 4 is 28.4 Å². The molecule has 1 amide bonds. The number of carbonyl (C=O) groups is 1. The zero-order valence-electron chi connectivity index (χ0n) is 15.8. The Morgan fingerprint density at radius 3 is 2.67 bits per heavy atom. The number of hydrogen-bond acceptors (Lipinski definition) is 5. The maximum atomic E-state index is 12.5. The van der Waals surface area contributed by atoms with Gasteiger partial charge in [-0.05, 0) is 56.7 Å². The highest BCUT2D eigenvalue weighted by molar-refractivity contribution is 5.92. The number of hydrogen-bond donors (Lipinski definition) is 1. The van der Waals surface area contributed by atoms with Crippen molar-refractivity contribution in [1.29, 1.82) is 0 Å². The highest BCUT2D eigenvalue weighted by Gasteiger charge is 2.12. The lowest BCUT2D eigenvalue weighted by Crippen LogP contribution is -2.28. The summed E-state index contributed by atoms with van der Waals surface area (Å²) in [4.78, 5) is 35.2. The molecule has 3 rings (SSSR count). The summed E-state index contributed by atoms with van der Waals surface area (Å²) in [7, 11) is 0. The number of nitrogens with zero attached hydrogens (tertiary/aromatic N) is 4. The molecule has 2 heterocycles. The van der Waals surface area contributed by atoms with Gasteiger partial charge in [-0.15, -0.1) is 0 Å². The van der Waals surface area contributed by atoms with Crippen LogP contribution in [0.15, 0.2) is 47.5 Å². The second-order valence-corrected chi connectivity index (χ2v) is 6.25. The molecular weight excluding hydrogens is 342 g/mol. The molecule has 0 aliphatic heterocycles. The Balaban J connectivity index is 1.81. The van der Waals surface area contributed by atoms with Crippen molar-refractivity contribution in [3.8, 4) is 0 Å². The summed E-state index contributed by atoms with van der Waals surface area (Å²) >= 11 is 0. The first-order valence-corrected chi connectivity index (χ1v) is 8.99. The molecule has 1 N–H and O–H groups in total. The average molecular weight is 365 g/mol. The van der Waals surface area contributed by atoms with Gasteiger partial charge in [0.2, 0.25) is 5.91 Å². The van der Waals surface area contributed by atoms with Gasteiger partial charge in [0.25, 0.3) is 5.56 Å². The molecule has 3 aromatic rings. The SMILES string of the molecule is CCN(CC)c1ccc(NC(=O)Cn2c(=O)cnc3cccnc32)c(C)c1. The van der Waals surface area contributed by atoms with E-state index in [0.29, 0.717) is 11.2 Å². The lowest BCUT2D eigenvalue weighted by atomic mass is 10.1. The van der Waals surface area contributed by atoms with E-state index in [1.807, 2.05) is 19.1 Å². The minimum atomic E-state index is -0.357. The van der Waals surface area contributed by atoms with E-state index in [0.717, 1.165) is 30.0 Å². The molecule has 7 heteroatoms. The van der Waals surface area contributed by atoms with Gasteiger partial charge >= 0.3 is 0 Å². The second-order valence-electron chi connectivity index (χ2n) is 6.25. The van der Waals surface area contributed by atoms with Gasteiger partial charge in [-0.25, -0.2) is 9.97 Å². The largest absolute Gasteiger partial charge is 0.372 e. The lowest BCUT2D eigenvalue weighted by molar-refractivity contribution is -0.116. The van der Waals surface area contributed by atoms with E-state index in [-0.39, 0.29) is 18.0 Å². The van der Waals surface area contributed by atoms with Gasteiger partial charge in [-0.1, -0.05) is 0 Å². The lowest BCUT2D eigenvalue weighted by Gasteiger charge is -2.22. The highest BCUT2D eigenvalue weighted by atomic mass is 16.2. The Bertz CT molecular complexity index is 1020. The van der Waals surface area contributed by atoms with Crippen LogP contribution < -0.4 is 15.8 Å². The number of pyridine rings is 1.